The summed E-state index contributed by atoms with van der Waals surface area (Å²) >= 11 is -0.961. The Hall–Kier alpha value is -1.18. The van der Waals surface area contributed by atoms with Gasteiger partial charge in [0.05, 0.1) is 31.6 Å². The Morgan fingerprint density at radius 1 is 1.45 bits per heavy atom. The summed E-state index contributed by atoms with van der Waals surface area (Å²) in [5, 5.41) is 3.05. The highest BCUT2D eigenvalue weighted by molar-refractivity contribution is 7.89. The second-order valence-corrected chi connectivity index (χ2v) is 8.66. The van der Waals surface area contributed by atoms with Crippen LogP contribution in [0.15, 0.2) is 46.7 Å². The lowest BCUT2D eigenvalue weighted by Gasteiger charge is -2.17. The van der Waals surface area contributed by atoms with Gasteiger partial charge in [-0.1, -0.05) is 18.2 Å². The average Bonchev–Trinajstić information content (AvgIpc) is 2.81. The van der Waals surface area contributed by atoms with Crippen LogP contribution in [0.5, 0.6) is 0 Å². The monoisotopic (exact) mass is 423 g/mol. The zero-order chi connectivity index (χ0) is 21.3. The van der Waals surface area contributed by atoms with Crippen molar-refractivity contribution in [3.05, 3.63) is 41.7 Å². The highest BCUT2D eigenvalue weighted by atomic mass is 32.2. The van der Waals surface area contributed by atoms with Gasteiger partial charge in [0.2, 0.25) is 0 Å². The van der Waals surface area contributed by atoms with Crippen molar-refractivity contribution in [1.82, 2.24) is 9.62 Å². The number of ether oxygens (including phenoxy) is 2. The molecule has 0 bridgehead atoms. The minimum Gasteiger partial charge on any atom is -0.598 e. The number of methoxy groups -OCH3 is 1. The Bertz CT molecular complexity index is 596. The molecule has 0 saturated heterocycles. The summed E-state index contributed by atoms with van der Waals surface area (Å²) in [5.41, 5.74) is 5.25. The van der Waals surface area contributed by atoms with Crippen LogP contribution in [0.3, 0.4) is 0 Å². The molecule has 0 radical (unpaired) electrons. The maximum absolute atomic E-state index is 12.1. The number of aliphatic imine (C=N–C) groups is 1. The predicted molar refractivity (Wildman–Crippen MR) is 123 cm³/mol. The Kier molecular flexibility index (Phi) is 14.8. The molecule has 0 aromatic carbocycles. The van der Waals surface area contributed by atoms with Crippen LogP contribution < -0.4 is 5.32 Å². The lowest BCUT2D eigenvalue weighted by molar-refractivity contribution is 0.0782. The van der Waals surface area contributed by atoms with Crippen molar-refractivity contribution < 1.29 is 14.0 Å². The largest absolute Gasteiger partial charge is 0.598 e. The van der Waals surface area contributed by atoms with Gasteiger partial charge in [0.1, 0.15) is 5.75 Å². The first-order valence-electron chi connectivity index (χ1n) is 10.1. The molecule has 0 saturated carbocycles. The van der Waals surface area contributed by atoms with Crippen molar-refractivity contribution in [3.63, 3.8) is 0 Å². The maximum atomic E-state index is 12.1. The van der Waals surface area contributed by atoms with Crippen molar-refractivity contribution in [2.75, 3.05) is 60.3 Å². The molecule has 7 heteroatoms. The summed E-state index contributed by atoms with van der Waals surface area (Å²) < 4.78 is 25.1. The minimum atomic E-state index is -0.961. The Labute approximate surface area is 179 Å². The molecule has 1 rings (SSSR count). The molecule has 0 spiro atoms. The van der Waals surface area contributed by atoms with Gasteiger partial charge < -0.3 is 19.3 Å². The molecule has 6 nitrogen and oxygen atoms in total. The van der Waals surface area contributed by atoms with Crippen LogP contribution in [0, 0.1) is 0 Å². The molecule has 0 aromatic rings. The van der Waals surface area contributed by atoms with Crippen molar-refractivity contribution in [2.24, 2.45) is 4.99 Å². The standard InChI is InChI=1S/C22H37N3O3S/c1-23-15-8-7-12-21(24-16-17-27-4)18-28-22-13-6-5-10-20(11-9-14-22)19-29(26)25(2)3/h5-6,8,11-12,22-23H,9-10,13-19H2,1-4H3/b6-5-,20-11?,24-21?/t7?,22-,29?/m0/s1. The average molecular weight is 424 g/mol. The third kappa shape index (κ3) is 12.9. The van der Waals surface area contributed by atoms with E-state index in [-0.39, 0.29) is 6.10 Å². The van der Waals surface area contributed by atoms with Crippen molar-refractivity contribution in [2.45, 2.75) is 31.8 Å². The van der Waals surface area contributed by atoms with Crippen molar-refractivity contribution >= 4 is 17.1 Å². The summed E-state index contributed by atoms with van der Waals surface area (Å²) in [6, 6.07) is 0. The number of rotatable bonds is 12. The molecule has 1 aliphatic rings. The molecule has 1 aliphatic carbocycles. The third-order valence-corrected chi connectivity index (χ3v) is 5.77. The van der Waals surface area contributed by atoms with E-state index in [0.717, 1.165) is 37.9 Å². The molecule has 29 heavy (non-hydrogen) atoms. The lowest BCUT2D eigenvalue weighted by atomic mass is 10.1. The fourth-order valence-corrected chi connectivity index (χ4v) is 3.46. The smallest absolute Gasteiger partial charge is 0.147 e. The first-order valence-corrected chi connectivity index (χ1v) is 11.4. The number of nitrogens with zero attached hydrogens (tertiary/aromatic N) is 2. The van der Waals surface area contributed by atoms with Gasteiger partial charge in [-0.05, 0) is 44.4 Å². The molecular weight excluding hydrogens is 386 g/mol. The third-order valence-electron chi connectivity index (χ3n) is 4.33. The van der Waals surface area contributed by atoms with E-state index in [2.05, 4.69) is 34.3 Å². The van der Waals surface area contributed by atoms with Crippen molar-refractivity contribution in [3.8, 4) is 0 Å². The summed E-state index contributed by atoms with van der Waals surface area (Å²) in [4.78, 5) is 4.56. The summed E-state index contributed by atoms with van der Waals surface area (Å²) in [6.07, 6.45) is 14.1. The van der Waals surface area contributed by atoms with E-state index in [1.807, 2.05) is 33.3 Å². The zero-order valence-electron chi connectivity index (χ0n) is 18.4. The molecule has 0 heterocycles. The highest BCUT2D eigenvalue weighted by Gasteiger charge is 2.14. The van der Waals surface area contributed by atoms with E-state index in [0.29, 0.717) is 25.5 Å². The van der Waals surface area contributed by atoms with Gasteiger partial charge in [-0.15, -0.1) is 10.0 Å². The highest BCUT2D eigenvalue weighted by Crippen LogP contribution is 2.17. The first-order chi connectivity index (χ1) is 14.1. The van der Waals surface area contributed by atoms with Crippen molar-refractivity contribution in [1.29, 1.82) is 0 Å². The zero-order valence-corrected chi connectivity index (χ0v) is 19.2. The lowest BCUT2D eigenvalue weighted by Crippen LogP contribution is -2.26. The number of allylic oxidation sites excluding steroid dienone is 2. The molecule has 164 valence electrons. The topological polar surface area (TPSA) is 69.1 Å². The first kappa shape index (κ1) is 25.9. The second kappa shape index (κ2) is 16.6. The van der Waals surface area contributed by atoms with Crippen LogP contribution in [0.1, 0.15) is 25.7 Å². The van der Waals surface area contributed by atoms with Gasteiger partial charge >= 0.3 is 0 Å². The maximum Gasteiger partial charge on any atom is 0.147 e. The van der Waals surface area contributed by atoms with Crippen LogP contribution in [-0.2, 0) is 20.8 Å². The Balaban J connectivity index is 2.62. The van der Waals surface area contributed by atoms with Gasteiger partial charge in [0.15, 0.2) is 0 Å². The number of hydrogen-bond acceptors (Lipinski definition) is 6. The minimum absolute atomic E-state index is 0.142. The molecule has 0 fully saturated rings. The second-order valence-electron chi connectivity index (χ2n) is 7.00. The summed E-state index contributed by atoms with van der Waals surface area (Å²) in [7, 11) is 7.27. The predicted octanol–water partition coefficient (Wildman–Crippen LogP) is 2.67. The number of hydrogen-bond donors (Lipinski definition) is 1. The van der Waals surface area contributed by atoms with Gasteiger partial charge in [0.25, 0.3) is 0 Å². The molecule has 0 aliphatic heterocycles. The normalized spacial score (nSPS) is 20.1. The Morgan fingerprint density at radius 2 is 2.28 bits per heavy atom. The van der Waals surface area contributed by atoms with Gasteiger partial charge in [0, 0.05) is 45.2 Å². The van der Waals surface area contributed by atoms with Crippen LogP contribution in [0.2, 0.25) is 0 Å². The summed E-state index contributed by atoms with van der Waals surface area (Å²) in [5.74, 6) is 0.600. The van der Waals surface area contributed by atoms with E-state index >= 15 is 0 Å². The molecule has 2 atom stereocenters. The fraction of sp³-hybridized carbons (Fsp3) is 0.636. The van der Waals surface area contributed by atoms with Crippen LogP contribution in [0.4, 0.5) is 0 Å². The van der Waals surface area contributed by atoms with E-state index in [9.17, 15) is 4.55 Å². The summed E-state index contributed by atoms with van der Waals surface area (Å²) in [6.45, 7) is 2.43. The number of nitrogens with one attached hydrogen (secondary N) is 1. The SMILES string of the molecule is CNCC=C=CC(CO[C@H]1C/C=C\CC(C[S+]([O-])N(C)C)=CCC1)=NCCOC. The van der Waals surface area contributed by atoms with Gasteiger partial charge in [-0.25, -0.2) is 0 Å². The van der Waals surface area contributed by atoms with Gasteiger partial charge in [-0.2, -0.15) is 0 Å². The van der Waals surface area contributed by atoms with E-state index in [4.69, 9.17) is 9.47 Å². The fourth-order valence-electron chi connectivity index (χ4n) is 2.65. The molecule has 0 aromatic heterocycles. The van der Waals surface area contributed by atoms with E-state index < -0.39 is 11.4 Å². The van der Waals surface area contributed by atoms with Crippen LogP contribution in [0.25, 0.3) is 0 Å². The number of likely N-dealkylation sites (N-methyl/N-ethyl adjacent to an activating group) is 1. The quantitative estimate of drug-likeness (QED) is 0.172. The molecule has 0 amide bonds. The molecule has 1 unspecified atom stereocenters. The van der Waals surface area contributed by atoms with Crippen LogP contribution in [-0.4, -0.2) is 81.0 Å². The van der Waals surface area contributed by atoms with Gasteiger partial charge in [-0.3, -0.25) is 4.99 Å². The van der Waals surface area contributed by atoms with E-state index in [1.54, 1.807) is 11.4 Å². The molecular formula is C22H37N3O3S. The Morgan fingerprint density at radius 3 is 3.00 bits per heavy atom. The van der Waals surface area contributed by atoms with E-state index in [1.165, 1.54) is 5.57 Å². The van der Waals surface area contributed by atoms with Crippen LogP contribution >= 0.6 is 0 Å². The molecule has 1 N–H and O–H groups in total.